The van der Waals surface area contributed by atoms with Crippen LogP contribution in [0.5, 0.6) is 0 Å². The van der Waals surface area contributed by atoms with E-state index in [2.05, 4.69) is 47.4 Å². The Morgan fingerprint density at radius 2 is 1.81 bits per heavy atom. The molecule has 106 valence electrons. The van der Waals surface area contributed by atoms with Gasteiger partial charge in [-0.25, -0.2) is 4.39 Å². The van der Waals surface area contributed by atoms with Gasteiger partial charge in [-0.05, 0) is 72.6 Å². The quantitative estimate of drug-likeness (QED) is 0.653. The summed E-state index contributed by atoms with van der Waals surface area (Å²) in [6, 6.07) is 9.70. The van der Waals surface area contributed by atoms with Crippen LogP contribution in [0.4, 0.5) is 10.1 Å². The summed E-state index contributed by atoms with van der Waals surface area (Å²) in [5, 5.41) is 11.6. The maximum atomic E-state index is 13.5. The van der Waals surface area contributed by atoms with Crippen molar-refractivity contribution < 1.29 is 4.39 Å². The first-order valence-electron chi connectivity index (χ1n) is 5.85. The van der Waals surface area contributed by atoms with Gasteiger partial charge in [-0.2, -0.15) is 4.68 Å². The molecule has 0 amide bonds. The predicted molar refractivity (Wildman–Crippen MR) is 84.4 cm³/mol. The van der Waals surface area contributed by atoms with E-state index >= 15 is 0 Å². The molecule has 0 aliphatic rings. The standard InChI is InChI=1S/C13H8Br2FN5/c14-9-3-1-7(5-11(9)17)13-18-19-20-21(13)12-6-8(16)2-4-10(12)15/h1-6H,17H2. The zero-order valence-corrected chi connectivity index (χ0v) is 13.6. The zero-order chi connectivity index (χ0) is 15.0. The maximum Gasteiger partial charge on any atom is 0.187 e. The number of tetrazole rings is 1. The SMILES string of the molecule is Nc1cc(-c2nnnn2-c2cc(F)ccc2Br)ccc1Br. The number of benzene rings is 2. The number of nitrogens with two attached hydrogens (primary N) is 1. The Kier molecular flexibility index (Phi) is 3.73. The highest BCUT2D eigenvalue weighted by Gasteiger charge is 2.14. The third-order valence-corrected chi connectivity index (χ3v) is 4.25. The van der Waals surface area contributed by atoms with Crippen molar-refractivity contribution in [3.8, 4) is 17.1 Å². The third kappa shape index (κ3) is 2.68. The summed E-state index contributed by atoms with van der Waals surface area (Å²) >= 11 is 6.71. The largest absolute Gasteiger partial charge is 0.398 e. The van der Waals surface area contributed by atoms with Crippen LogP contribution >= 0.6 is 31.9 Å². The van der Waals surface area contributed by atoms with E-state index in [9.17, 15) is 4.39 Å². The van der Waals surface area contributed by atoms with Crippen molar-refractivity contribution in [3.05, 3.63) is 51.2 Å². The second kappa shape index (κ2) is 5.53. The van der Waals surface area contributed by atoms with Gasteiger partial charge in [0, 0.05) is 26.3 Å². The van der Waals surface area contributed by atoms with Crippen LogP contribution in [0.3, 0.4) is 0 Å². The molecule has 21 heavy (non-hydrogen) atoms. The highest BCUT2D eigenvalue weighted by Crippen LogP contribution is 2.29. The smallest absolute Gasteiger partial charge is 0.187 e. The van der Waals surface area contributed by atoms with Crippen LogP contribution in [0.25, 0.3) is 17.1 Å². The van der Waals surface area contributed by atoms with Gasteiger partial charge in [0.25, 0.3) is 0 Å². The van der Waals surface area contributed by atoms with Crippen molar-refractivity contribution in [1.82, 2.24) is 20.2 Å². The van der Waals surface area contributed by atoms with Gasteiger partial charge in [0.05, 0.1) is 5.69 Å². The van der Waals surface area contributed by atoms with Crippen molar-refractivity contribution >= 4 is 37.5 Å². The van der Waals surface area contributed by atoms with Crippen LogP contribution in [0, 0.1) is 5.82 Å². The molecule has 0 aliphatic carbocycles. The molecule has 0 radical (unpaired) electrons. The van der Waals surface area contributed by atoms with Crippen LogP contribution < -0.4 is 5.73 Å². The number of hydrogen-bond acceptors (Lipinski definition) is 4. The fraction of sp³-hybridized carbons (Fsp3) is 0. The molecule has 5 nitrogen and oxygen atoms in total. The molecule has 1 heterocycles. The molecule has 2 N–H and O–H groups in total. The Balaban J connectivity index is 2.17. The van der Waals surface area contributed by atoms with Crippen molar-refractivity contribution in [1.29, 1.82) is 0 Å². The topological polar surface area (TPSA) is 69.6 Å². The molecule has 3 aromatic rings. The summed E-state index contributed by atoms with van der Waals surface area (Å²) < 4.78 is 16.4. The Morgan fingerprint density at radius 3 is 2.57 bits per heavy atom. The predicted octanol–water partition coefficient (Wildman–Crippen LogP) is 3.58. The highest BCUT2D eigenvalue weighted by atomic mass is 79.9. The molecule has 8 heteroatoms. The van der Waals surface area contributed by atoms with E-state index in [-0.39, 0.29) is 5.82 Å². The minimum absolute atomic E-state index is 0.370. The van der Waals surface area contributed by atoms with Gasteiger partial charge in [0.1, 0.15) is 5.82 Å². The molecule has 0 unspecified atom stereocenters. The molecule has 0 saturated carbocycles. The van der Waals surface area contributed by atoms with Crippen molar-refractivity contribution in [2.45, 2.75) is 0 Å². The summed E-state index contributed by atoms with van der Waals surface area (Å²) in [5.74, 6) is 0.102. The molecule has 0 bridgehead atoms. The number of hydrogen-bond donors (Lipinski definition) is 1. The third-order valence-electron chi connectivity index (χ3n) is 2.86. The first kappa shape index (κ1) is 14.2. The zero-order valence-electron chi connectivity index (χ0n) is 10.5. The van der Waals surface area contributed by atoms with E-state index in [1.807, 2.05) is 12.1 Å². The van der Waals surface area contributed by atoms with Gasteiger partial charge >= 0.3 is 0 Å². The Bertz CT molecular complexity index is 818. The monoisotopic (exact) mass is 411 g/mol. The Labute approximate surface area is 136 Å². The lowest BCUT2D eigenvalue weighted by Gasteiger charge is -2.08. The summed E-state index contributed by atoms with van der Waals surface area (Å²) in [4.78, 5) is 0. The average Bonchev–Trinajstić information content (AvgIpc) is 2.93. The van der Waals surface area contributed by atoms with Crippen LogP contribution in [-0.2, 0) is 0 Å². The van der Waals surface area contributed by atoms with Gasteiger partial charge in [-0.3, -0.25) is 0 Å². The lowest BCUT2D eigenvalue weighted by atomic mass is 10.2. The van der Waals surface area contributed by atoms with Crippen LogP contribution in [0.15, 0.2) is 45.3 Å². The average molecular weight is 413 g/mol. The van der Waals surface area contributed by atoms with Gasteiger partial charge in [-0.15, -0.1) is 5.10 Å². The minimum atomic E-state index is -0.370. The van der Waals surface area contributed by atoms with E-state index in [0.29, 0.717) is 21.7 Å². The molecule has 0 fully saturated rings. The number of halogens is 3. The molecule has 0 spiro atoms. The second-order valence-electron chi connectivity index (χ2n) is 4.25. The van der Waals surface area contributed by atoms with Gasteiger partial charge in [0.15, 0.2) is 5.82 Å². The van der Waals surface area contributed by atoms with Crippen LogP contribution in [0.2, 0.25) is 0 Å². The van der Waals surface area contributed by atoms with Crippen LogP contribution in [-0.4, -0.2) is 20.2 Å². The molecule has 3 rings (SSSR count). The molecular weight excluding hydrogens is 405 g/mol. The first-order valence-corrected chi connectivity index (χ1v) is 7.44. The summed E-state index contributed by atoms with van der Waals surface area (Å²) in [6.07, 6.45) is 0. The van der Waals surface area contributed by atoms with E-state index < -0.39 is 0 Å². The van der Waals surface area contributed by atoms with E-state index in [4.69, 9.17) is 5.73 Å². The number of rotatable bonds is 2. The molecule has 2 aromatic carbocycles. The van der Waals surface area contributed by atoms with Gasteiger partial charge in [0.2, 0.25) is 0 Å². The number of nitrogen functional groups attached to an aromatic ring is 1. The molecule has 0 atom stereocenters. The summed E-state index contributed by atoms with van der Waals surface area (Å²) in [5.41, 5.74) is 7.69. The molecule has 0 aliphatic heterocycles. The lowest BCUT2D eigenvalue weighted by molar-refractivity contribution is 0.624. The normalized spacial score (nSPS) is 10.8. The fourth-order valence-electron chi connectivity index (χ4n) is 1.86. The fourth-order valence-corrected chi connectivity index (χ4v) is 2.52. The Morgan fingerprint density at radius 1 is 1.05 bits per heavy atom. The van der Waals surface area contributed by atoms with E-state index in [0.717, 1.165) is 10.0 Å². The number of anilines is 1. The second-order valence-corrected chi connectivity index (χ2v) is 5.95. The van der Waals surface area contributed by atoms with Gasteiger partial charge < -0.3 is 5.73 Å². The minimum Gasteiger partial charge on any atom is -0.398 e. The van der Waals surface area contributed by atoms with Crippen molar-refractivity contribution in [2.75, 3.05) is 5.73 Å². The van der Waals surface area contributed by atoms with Crippen molar-refractivity contribution in [3.63, 3.8) is 0 Å². The molecule has 0 saturated heterocycles. The van der Waals surface area contributed by atoms with Gasteiger partial charge in [-0.1, -0.05) is 0 Å². The maximum absolute atomic E-state index is 13.5. The summed E-state index contributed by atoms with van der Waals surface area (Å²) in [7, 11) is 0. The molecule has 1 aromatic heterocycles. The van der Waals surface area contributed by atoms with Crippen molar-refractivity contribution in [2.24, 2.45) is 0 Å². The first-order chi connectivity index (χ1) is 10.1. The number of aromatic nitrogens is 4. The molecular formula is C13H8Br2FN5. The number of nitrogens with zero attached hydrogens (tertiary/aromatic N) is 4. The lowest BCUT2D eigenvalue weighted by Crippen LogP contribution is -2.02. The van der Waals surface area contributed by atoms with E-state index in [1.165, 1.54) is 16.8 Å². The summed E-state index contributed by atoms with van der Waals surface area (Å²) in [6.45, 7) is 0. The van der Waals surface area contributed by atoms with E-state index in [1.54, 1.807) is 12.1 Å². The Hall–Kier alpha value is -1.80. The van der Waals surface area contributed by atoms with Crippen LogP contribution in [0.1, 0.15) is 0 Å². The highest BCUT2D eigenvalue weighted by molar-refractivity contribution is 9.11.